The first-order valence-corrected chi connectivity index (χ1v) is 9.10. The quantitative estimate of drug-likeness (QED) is 0.429. The molecule has 0 unspecified atom stereocenters. The Kier molecular flexibility index (Phi) is 7.91. The summed E-state index contributed by atoms with van der Waals surface area (Å²) in [6.45, 7) is 2.89. The first kappa shape index (κ1) is 21.5. The van der Waals surface area contributed by atoms with E-state index < -0.39 is 17.2 Å². The smallest absolute Gasteiger partial charge is 0.385 e. The van der Waals surface area contributed by atoms with Gasteiger partial charge in [-0.2, -0.15) is 13.2 Å². The Labute approximate surface area is 158 Å². The summed E-state index contributed by atoms with van der Waals surface area (Å²) < 4.78 is 49.9. The van der Waals surface area contributed by atoms with Gasteiger partial charge >= 0.3 is 6.18 Å². The van der Waals surface area contributed by atoms with E-state index in [0.29, 0.717) is 57.3 Å². The fourth-order valence-electron chi connectivity index (χ4n) is 3.25. The predicted octanol–water partition coefficient (Wildman–Crippen LogP) is 2.96. The molecule has 1 aliphatic rings. The van der Waals surface area contributed by atoms with Crippen LogP contribution in [0.25, 0.3) is 0 Å². The van der Waals surface area contributed by atoms with Crippen molar-refractivity contribution in [2.24, 2.45) is 4.99 Å². The van der Waals surface area contributed by atoms with Crippen LogP contribution in [0.2, 0.25) is 0 Å². The van der Waals surface area contributed by atoms with Crippen molar-refractivity contribution in [3.8, 4) is 0 Å². The topological polar surface area (TPSA) is 54.9 Å². The summed E-state index contributed by atoms with van der Waals surface area (Å²) >= 11 is 0. The minimum absolute atomic E-state index is 0.427. The number of halogens is 3. The molecule has 5 nitrogen and oxygen atoms in total. The van der Waals surface area contributed by atoms with Gasteiger partial charge in [0.1, 0.15) is 0 Å². The van der Waals surface area contributed by atoms with Crippen LogP contribution < -0.4 is 10.6 Å². The lowest BCUT2D eigenvalue weighted by molar-refractivity contribution is -0.137. The summed E-state index contributed by atoms with van der Waals surface area (Å²) in [7, 11) is 3.32. The number of ether oxygens (including phenoxy) is 2. The zero-order chi connectivity index (χ0) is 19.8. The van der Waals surface area contributed by atoms with Gasteiger partial charge in [-0.1, -0.05) is 18.2 Å². The number of aliphatic imine (C=N–C) groups is 1. The van der Waals surface area contributed by atoms with Gasteiger partial charge < -0.3 is 20.1 Å². The molecular formula is C19H28F3N3O2. The summed E-state index contributed by atoms with van der Waals surface area (Å²) in [5, 5.41) is 6.47. The van der Waals surface area contributed by atoms with Crippen LogP contribution in [0.1, 0.15) is 30.4 Å². The zero-order valence-electron chi connectivity index (χ0n) is 15.9. The number of methoxy groups -OCH3 is 1. The van der Waals surface area contributed by atoms with Crippen molar-refractivity contribution in [3.63, 3.8) is 0 Å². The Bertz CT molecular complexity index is 614. The highest BCUT2D eigenvalue weighted by atomic mass is 19.4. The highest BCUT2D eigenvalue weighted by molar-refractivity contribution is 5.79. The van der Waals surface area contributed by atoms with Crippen molar-refractivity contribution >= 4 is 5.96 Å². The van der Waals surface area contributed by atoms with Crippen molar-refractivity contribution in [1.82, 2.24) is 10.6 Å². The van der Waals surface area contributed by atoms with Gasteiger partial charge in [0, 0.05) is 52.5 Å². The van der Waals surface area contributed by atoms with E-state index in [1.165, 1.54) is 12.1 Å². The van der Waals surface area contributed by atoms with Crippen LogP contribution >= 0.6 is 0 Å². The van der Waals surface area contributed by atoms with Crippen molar-refractivity contribution in [2.45, 2.75) is 30.9 Å². The van der Waals surface area contributed by atoms with E-state index in [0.717, 1.165) is 12.5 Å². The second-order valence-corrected chi connectivity index (χ2v) is 6.67. The van der Waals surface area contributed by atoms with Crippen molar-refractivity contribution in [3.05, 3.63) is 35.4 Å². The molecule has 0 amide bonds. The van der Waals surface area contributed by atoms with Crippen LogP contribution in [0.15, 0.2) is 29.3 Å². The van der Waals surface area contributed by atoms with Gasteiger partial charge in [0.15, 0.2) is 5.96 Å². The number of nitrogens with one attached hydrogen (secondary N) is 2. The van der Waals surface area contributed by atoms with Crippen molar-refractivity contribution in [2.75, 3.05) is 47.1 Å². The third-order valence-electron chi connectivity index (χ3n) is 4.89. The molecule has 0 spiro atoms. The van der Waals surface area contributed by atoms with Gasteiger partial charge in [0.05, 0.1) is 5.56 Å². The molecule has 1 aromatic rings. The van der Waals surface area contributed by atoms with E-state index in [-0.39, 0.29) is 0 Å². The Morgan fingerprint density at radius 2 is 2.00 bits per heavy atom. The standard InChI is InChI=1S/C19H28F3N3O2/c1-23-17(24-9-4-10-26-2)25-14-18(7-11-27-12-8-18)15-5-3-6-16(13-15)19(20,21)22/h3,5-6,13H,4,7-12,14H2,1-2H3,(H2,23,24,25). The van der Waals surface area contributed by atoms with Gasteiger partial charge in [-0.15, -0.1) is 0 Å². The first-order valence-electron chi connectivity index (χ1n) is 9.10. The fraction of sp³-hybridized carbons (Fsp3) is 0.632. The highest BCUT2D eigenvalue weighted by Gasteiger charge is 2.37. The Morgan fingerprint density at radius 3 is 2.63 bits per heavy atom. The van der Waals surface area contributed by atoms with Gasteiger partial charge in [0.25, 0.3) is 0 Å². The molecule has 0 radical (unpaired) electrons. The summed E-state index contributed by atoms with van der Waals surface area (Å²) in [5.41, 5.74) is -0.361. The maximum Gasteiger partial charge on any atom is 0.416 e. The second-order valence-electron chi connectivity index (χ2n) is 6.67. The summed E-state index contributed by atoms with van der Waals surface area (Å²) in [4.78, 5) is 4.19. The molecule has 152 valence electrons. The maximum atomic E-state index is 13.2. The van der Waals surface area contributed by atoms with Gasteiger partial charge in [-0.05, 0) is 30.9 Å². The number of hydrogen-bond donors (Lipinski definition) is 2. The second kappa shape index (κ2) is 9.94. The molecule has 1 aliphatic heterocycles. The normalized spacial score (nSPS) is 17.6. The predicted molar refractivity (Wildman–Crippen MR) is 99.0 cm³/mol. The monoisotopic (exact) mass is 387 g/mol. The van der Waals surface area contributed by atoms with Crippen LogP contribution in [-0.4, -0.2) is 53.0 Å². The van der Waals surface area contributed by atoms with E-state index in [9.17, 15) is 13.2 Å². The van der Waals surface area contributed by atoms with E-state index in [1.807, 2.05) is 0 Å². The molecule has 8 heteroatoms. The summed E-state index contributed by atoms with van der Waals surface area (Å²) in [6, 6.07) is 5.63. The third-order valence-corrected chi connectivity index (χ3v) is 4.89. The summed E-state index contributed by atoms with van der Waals surface area (Å²) in [6.07, 6.45) is -2.21. The van der Waals surface area contributed by atoms with Crippen molar-refractivity contribution < 1.29 is 22.6 Å². The molecule has 27 heavy (non-hydrogen) atoms. The van der Waals surface area contributed by atoms with Crippen LogP contribution in [0.5, 0.6) is 0 Å². The number of rotatable bonds is 7. The van der Waals surface area contributed by atoms with Crippen LogP contribution in [0.3, 0.4) is 0 Å². The molecule has 0 atom stereocenters. The molecule has 0 bridgehead atoms. The zero-order valence-corrected chi connectivity index (χ0v) is 15.9. The average Bonchev–Trinajstić information content (AvgIpc) is 2.67. The van der Waals surface area contributed by atoms with Crippen molar-refractivity contribution in [1.29, 1.82) is 0 Å². The van der Waals surface area contributed by atoms with Gasteiger partial charge in [-0.3, -0.25) is 4.99 Å². The molecule has 0 aliphatic carbocycles. The minimum atomic E-state index is -4.35. The number of hydrogen-bond acceptors (Lipinski definition) is 3. The van der Waals surface area contributed by atoms with E-state index in [1.54, 1.807) is 20.2 Å². The molecule has 2 N–H and O–H groups in total. The molecule has 0 saturated carbocycles. The maximum absolute atomic E-state index is 13.2. The molecule has 0 aromatic heterocycles. The summed E-state index contributed by atoms with van der Waals surface area (Å²) in [5.74, 6) is 0.629. The van der Waals surface area contributed by atoms with Crippen LogP contribution in [0.4, 0.5) is 13.2 Å². The van der Waals surface area contributed by atoms with E-state index in [4.69, 9.17) is 9.47 Å². The minimum Gasteiger partial charge on any atom is -0.385 e. The first-order chi connectivity index (χ1) is 12.9. The Morgan fingerprint density at radius 1 is 1.26 bits per heavy atom. The lowest BCUT2D eigenvalue weighted by Crippen LogP contribution is -2.48. The van der Waals surface area contributed by atoms with Crippen LogP contribution in [0, 0.1) is 0 Å². The molecular weight excluding hydrogens is 359 g/mol. The molecule has 2 rings (SSSR count). The molecule has 1 saturated heterocycles. The molecule has 1 heterocycles. The fourth-order valence-corrected chi connectivity index (χ4v) is 3.25. The SMILES string of the molecule is CN=C(NCCCOC)NCC1(c2cccc(C(F)(F)F)c2)CCOCC1. The lowest BCUT2D eigenvalue weighted by Gasteiger charge is -2.38. The molecule has 1 aromatic carbocycles. The van der Waals surface area contributed by atoms with E-state index in [2.05, 4.69) is 15.6 Å². The van der Waals surface area contributed by atoms with Crippen LogP contribution in [-0.2, 0) is 21.1 Å². The molecule has 1 fully saturated rings. The Balaban J connectivity index is 2.12. The number of guanidine groups is 1. The van der Waals surface area contributed by atoms with E-state index >= 15 is 0 Å². The van der Waals surface area contributed by atoms with Gasteiger partial charge in [-0.25, -0.2) is 0 Å². The highest BCUT2D eigenvalue weighted by Crippen LogP contribution is 2.37. The van der Waals surface area contributed by atoms with Gasteiger partial charge in [0.2, 0.25) is 0 Å². The lowest BCUT2D eigenvalue weighted by atomic mass is 9.73. The number of benzene rings is 1. The largest absolute Gasteiger partial charge is 0.416 e. The Hall–Kier alpha value is -1.80. The number of nitrogens with zero attached hydrogens (tertiary/aromatic N) is 1. The average molecular weight is 387 g/mol. The third kappa shape index (κ3) is 6.10. The number of alkyl halides is 3.